The summed E-state index contributed by atoms with van der Waals surface area (Å²) >= 11 is 1.31. The Hall–Kier alpha value is -3.13. The zero-order chi connectivity index (χ0) is 20.8. The van der Waals surface area contributed by atoms with Crippen LogP contribution in [0.5, 0.6) is 0 Å². The molecule has 150 valence electrons. The molecular formula is C21H20N2O5S. The SMILES string of the molecule is C[C@H](/C=C\C(=O)c1nc2ccccc2s1)OC(=O)/C=C/C1=CCCC([N+](=O)[O-])C1. The average Bonchev–Trinajstić information content (AvgIpc) is 3.15. The molecule has 0 spiro atoms. The number of nitro groups is 1. The highest BCUT2D eigenvalue weighted by Gasteiger charge is 2.23. The highest BCUT2D eigenvalue weighted by atomic mass is 32.1. The number of carbonyl (C=O) groups excluding carboxylic acids is 2. The van der Waals surface area contributed by atoms with Gasteiger partial charge in [0, 0.05) is 23.8 Å². The normalized spacial score (nSPS) is 18.1. The van der Waals surface area contributed by atoms with Crippen LogP contribution in [0.25, 0.3) is 10.2 Å². The second-order valence-corrected chi connectivity index (χ2v) is 7.72. The lowest BCUT2D eigenvalue weighted by molar-refractivity contribution is -0.523. The maximum Gasteiger partial charge on any atom is 0.331 e. The van der Waals surface area contributed by atoms with Gasteiger partial charge in [-0.2, -0.15) is 0 Å². The van der Waals surface area contributed by atoms with Crippen molar-refractivity contribution >= 4 is 33.3 Å². The summed E-state index contributed by atoms with van der Waals surface area (Å²) in [4.78, 5) is 39.1. The molecule has 0 amide bonds. The summed E-state index contributed by atoms with van der Waals surface area (Å²) < 4.78 is 6.15. The van der Waals surface area contributed by atoms with E-state index in [2.05, 4.69) is 4.98 Å². The molecule has 0 bridgehead atoms. The van der Waals surface area contributed by atoms with Crippen molar-refractivity contribution in [1.82, 2.24) is 4.98 Å². The van der Waals surface area contributed by atoms with Crippen LogP contribution < -0.4 is 0 Å². The summed E-state index contributed by atoms with van der Waals surface area (Å²) in [5, 5.41) is 11.3. The lowest BCUT2D eigenvalue weighted by atomic mass is 9.95. The Bertz CT molecular complexity index is 988. The minimum Gasteiger partial charge on any atom is -0.455 e. The number of allylic oxidation sites excluding steroid dienone is 3. The smallest absolute Gasteiger partial charge is 0.331 e. The van der Waals surface area contributed by atoms with E-state index in [1.54, 1.807) is 13.0 Å². The fraction of sp³-hybridized carbons (Fsp3) is 0.286. The summed E-state index contributed by atoms with van der Waals surface area (Å²) in [7, 11) is 0. The van der Waals surface area contributed by atoms with Crippen LogP contribution >= 0.6 is 11.3 Å². The van der Waals surface area contributed by atoms with Gasteiger partial charge in [0.1, 0.15) is 6.10 Å². The summed E-state index contributed by atoms with van der Waals surface area (Å²) in [5.41, 5.74) is 1.53. The second kappa shape index (κ2) is 9.38. The summed E-state index contributed by atoms with van der Waals surface area (Å²) in [6, 6.07) is 6.90. The zero-order valence-electron chi connectivity index (χ0n) is 15.8. The molecule has 0 N–H and O–H groups in total. The minimum absolute atomic E-state index is 0.247. The topological polar surface area (TPSA) is 99.4 Å². The van der Waals surface area contributed by atoms with Crippen LogP contribution in [0, 0.1) is 10.1 Å². The van der Waals surface area contributed by atoms with E-state index in [4.69, 9.17) is 4.74 Å². The van der Waals surface area contributed by atoms with Gasteiger partial charge in [0.05, 0.1) is 10.2 Å². The average molecular weight is 412 g/mol. The van der Waals surface area contributed by atoms with Gasteiger partial charge < -0.3 is 4.74 Å². The van der Waals surface area contributed by atoms with E-state index in [-0.39, 0.29) is 10.7 Å². The number of para-hydroxylation sites is 1. The van der Waals surface area contributed by atoms with Crippen LogP contribution in [-0.2, 0) is 9.53 Å². The summed E-state index contributed by atoms with van der Waals surface area (Å²) in [6.45, 7) is 1.65. The van der Waals surface area contributed by atoms with Crippen molar-refractivity contribution < 1.29 is 19.2 Å². The second-order valence-electron chi connectivity index (χ2n) is 6.69. The van der Waals surface area contributed by atoms with E-state index in [0.717, 1.165) is 15.8 Å². The molecule has 2 aromatic rings. The van der Waals surface area contributed by atoms with Crippen molar-refractivity contribution in [1.29, 1.82) is 0 Å². The summed E-state index contributed by atoms with van der Waals surface area (Å²) in [5.74, 6) is -0.818. The van der Waals surface area contributed by atoms with Crippen LogP contribution in [0.3, 0.4) is 0 Å². The third kappa shape index (κ3) is 5.68. The van der Waals surface area contributed by atoms with Crippen molar-refractivity contribution in [3.05, 3.63) is 75.3 Å². The Labute approximate surface area is 171 Å². The molecule has 1 aromatic heterocycles. The molecule has 0 fully saturated rings. The van der Waals surface area contributed by atoms with Gasteiger partial charge in [0.25, 0.3) is 0 Å². The molecule has 0 saturated heterocycles. The lowest BCUT2D eigenvalue weighted by Crippen LogP contribution is -2.22. The number of hydrogen-bond acceptors (Lipinski definition) is 7. The number of hydrogen-bond donors (Lipinski definition) is 0. The monoisotopic (exact) mass is 412 g/mol. The predicted octanol–water partition coefficient (Wildman–Crippen LogP) is 4.28. The number of ketones is 1. The summed E-state index contributed by atoms with van der Waals surface area (Å²) in [6.07, 6.45) is 8.40. The fourth-order valence-electron chi connectivity index (χ4n) is 2.94. The first-order valence-electron chi connectivity index (χ1n) is 9.21. The number of aromatic nitrogens is 1. The molecule has 1 aliphatic rings. The molecule has 29 heavy (non-hydrogen) atoms. The van der Waals surface area contributed by atoms with Gasteiger partial charge in [-0.3, -0.25) is 14.9 Å². The quantitative estimate of drug-likeness (QED) is 0.221. The van der Waals surface area contributed by atoms with Crippen molar-refractivity contribution in [3.63, 3.8) is 0 Å². The Morgan fingerprint density at radius 3 is 2.90 bits per heavy atom. The first kappa shape index (κ1) is 20.6. The molecule has 1 unspecified atom stereocenters. The number of carbonyl (C=O) groups is 2. The van der Waals surface area contributed by atoms with Gasteiger partial charge >= 0.3 is 5.97 Å². The van der Waals surface area contributed by atoms with Crippen LogP contribution in [0.2, 0.25) is 0 Å². The highest BCUT2D eigenvalue weighted by Crippen LogP contribution is 2.22. The first-order valence-corrected chi connectivity index (χ1v) is 10.0. The van der Waals surface area contributed by atoms with Gasteiger partial charge in [0.2, 0.25) is 11.8 Å². The molecule has 8 heteroatoms. The molecule has 0 radical (unpaired) electrons. The number of esters is 1. The van der Waals surface area contributed by atoms with Gasteiger partial charge in [-0.25, -0.2) is 9.78 Å². The molecule has 1 heterocycles. The molecular weight excluding hydrogens is 392 g/mol. The highest BCUT2D eigenvalue weighted by molar-refractivity contribution is 7.20. The standard InChI is InChI=1S/C21H20N2O5S/c1-14(9-11-18(24)21-22-17-7-2-3-8-19(17)29-21)28-20(25)12-10-15-5-4-6-16(13-15)23(26)27/h2-3,5,7-12,14,16H,4,6,13H2,1H3/b11-9-,12-10+/t14-,16?/m1/s1. The number of ether oxygens (including phenoxy) is 1. The first-order chi connectivity index (χ1) is 13.9. The number of rotatable bonds is 7. The van der Waals surface area contributed by atoms with E-state index in [0.29, 0.717) is 24.3 Å². The largest absolute Gasteiger partial charge is 0.455 e. The van der Waals surface area contributed by atoms with Crippen LogP contribution in [-0.4, -0.2) is 33.8 Å². The Kier molecular flexibility index (Phi) is 6.66. The third-order valence-corrected chi connectivity index (χ3v) is 5.49. The molecule has 0 aliphatic heterocycles. The van der Waals surface area contributed by atoms with Gasteiger partial charge in [-0.15, -0.1) is 11.3 Å². The predicted molar refractivity (Wildman–Crippen MR) is 111 cm³/mol. The van der Waals surface area contributed by atoms with Crippen molar-refractivity contribution in [3.8, 4) is 0 Å². The molecule has 2 atom stereocenters. The number of nitrogens with zero attached hydrogens (tertiary/aromatic N) is 2. The van der Waals surface area contributed by atoms with E-state index in [1.165, 1.54) is 29.6 Å². The van der Waals surface area contributed by atoms with Crippen molar-refractivity contribution in [2.45, 2.75) is 38.3 Å². The maximum absolute atomic E-state index is 12.3. The number of fused-ring (bicyclic) bond motifs is 1. The van der Waals surface area contributed by atoms with Crippen LogP contribution in [0.4, 0.5) is 0 Å². The number of benzene rings is 1. The van der Waals surface area contributed by atoms with Gasteiger partial charge in [0.15, 0.2) is 5.01 Å². The molecule has 1 aliphatic carbocycles. The lowest BCUT2D eigenvalue weighted by Gasteiger charge is -2.14. The Balaban J connectivity index is 1.52. The van der Waals surface area contributed by atoms with E-state index in [9.17, 15) is 19.7 Å². The van der Waals surface area contributed by atoms with Crippen molar-refractivity contribution in [2.24, 2.45) is 0 Å². The van der Waals surface area contributed by atoms with Gasteiger partial charge in [-0.1, -0.05) is 24.3 Å². The molecule has 7 nitrogen and oxygen atoms in total. The van der Waals surface area contributed by atoms with E-state index < -0.39 is 18.1 Å². The van der Waals surface area contributed by atoms with Gasteiger partial charge in [-0.05, 0) is 43.2 Å². The third-order valence-electron chi connectivity index (χ3n) is 4.43. The molecule has 0 saturated carbocycles. The molecule has 3 rings (SSSR count). The maximum atomic E-state index is 12.3. The molecule has 1 aromatic carbocycles. The van der Waals surface area contributed by atoms with Crippen molar-refractivity contribution in [2.75, 3.05) is 0 Å². The van der Waals surface area contributed by atoms with E-state index in [1.807, 2.05) is 30.3 Å². The Morgan fingerprint density at radius 1 is 1.34 bits per heavy atom. The van der Waals surface area contributed by atoms with Crippen LogP contribution in [0.15, 0.2) is 60.2 Å². The van der Waals surface area contributed by atoms with E-state index >= 15 is 0 Å². The zero-order valence-corrected chi connectivity index (χ0v) is 16.6. The minimum atomic E-state index is -0.606. The fourth-order valence-corrected chi connectivity index (χ4v) is 3.83. The Morgan fingerprint density at radius 2 is 2.14 bits per heavy atom. The van der Waals surface area contributed by atoms with Crippen LogP contribution in [0.1, 0.15) is 36.0 Å². The number of thiazole rings is 1.